The zero-order valence-electron chi connectivity index (χ0n) is 20.0. The van der Waals surface area contributed by atoms with Crippen LogP contribution < -0.4 is 10.2 Å². The molecule has 0 radical (unpaired) electrons. The lowest BCUT2D eigenvalue weighted by Crippen LogP contribution is -2.41. The van der Waals surface area contributed by atoms with E-state index in [1.807, 2.05) is 0 Å². The molecule has 5 rings (SSSR count). The number of piperidine rings is 1. The SMILES string of the molecule is CC(C)(C)OC(=O)Nc1nc(N2CCC3(CCOC3)CC2)c2ncnn2c1-c1cccc(Cl)c1Cl. The van der Waals surface area contributed by atoms with Gasteiger partial charge < -0.3 is 14.4 Å². The fraction of sp³-hybridized carbons (Fsp3) is 0.500. The largest absolute Gasteiger partial charge is 0.444 e. The summed E-state index contributed by atoms with van der Waals surface area (Å²) < 4.78 is 12.8. The van der Waals surface area contributed by atoms with Crippen LogP contribution in [-0.2, 0) is 9.47 Å². The van der Waals surface area contributed by atoms with Crippen molar-refractivity contribution in [1.29, 1.82) is 0 Å². The molecule has 2 aliphatic heterocycles. The van der Waals surface area contributed by atoms with Gasteiger partial charge in [-0.1, -0.05) is 35.3 Å². The third-order valence-electron chi connectivity index (χ3n) is 6.54. The van der Waals surface area contributed by atoms with Gasteiger partial charge >= 0.3 is 6.09 Å². The average Bonchev–Trinajstić information content (AvgIpc) is 3.45. The Balaban J connectivity index is 1.60. The first kappa shape index (κ1) is 24.1. The summed E-state index contributed by atoms with van der Waals surface area (Å²) in [6.07, 6.45) is 3.94. The monoisotopic (exact) mass is 518 g/mol. The minimum absolute atomic E-state index is 0.242. The van der Waals surface area contributed by atoms with Crippen LogP contribution in [0, 0.1) is 5.41 Å². The molecule has 0 saturated carbocycles. The molecule has 11 heteroatoms. The molecule has 0 bridgehead atoms. The van der Waals surface area contributed by atoms with Gasteiger partial charge in [0.2, 0.25) is 0 Å². The van der Waals surface area contributed by atoms with Crippen molar-refractivity contribution < 1.29 is 14.3 Å². The molecule has 4 heterocycles. The number of rotatable bonds is 3. The van der Waals surface area contributed by atoms with Crippen LogP contribution in [0.1, 0.15) is 40.0 Å². The van der Waals surface area contributed by atoms with Crippen LogP contribution in [0.4, 0.5) is 16.4 Å². The van der Waals surface area contributed by atoms with E-state index < -0.39 is 11.7 Å². The number of aromatic nitrogens is 4. The first-order valence-corrected chi connectivity index (χ1v) is 12.4. The molecule has 2 saturated heterocycles. The van der Waals surface area contributed by atoms with E-state index in [9.17, 15) is 4.79 Å². The Morgan fingerprint density at radius 3 is 2.66 bits per heavy atom. The van der Waals surface area contributed by atoms with Crippen LogP contribution in [-0.4, -0.2) is 57.6 Å². The van der Waals surface area contributed by atoms with Gasteiger partial charge in [0.15, 0.2) is 17.3 Å². The third kappa shape index (κ3) is 4.77. The Morgan fingerprint density at radius 2 is 1.97 bits per heavy atom. The second-order valence-corrected chi connectivity index (χ2v) is 10.9. The molecule has 2 aromatic heterocycles. The van der Waals surface area contributed by atoms with Crippen LogP contribution in [0.5, 0.6) is 0 Å². The Hall–Kier alpha value is -2.62. The smallest absolute Gasteiger partial charge is 0.413 e. The molecule has 0 unspecified atom stereocenters. The molecular weight excluding hydrogens is 491 g/mol. The lowest BCUT2D eigenvalue weighted by Gasteiger charge is -2.39. The van der Waals surface area contributed by atoms with Gasteiger partial charge in [0.05, 0.1) is 16.7 Å². The van der Waals surface area contributed by atoms with Gasteiger partial charge in [0.25, 0.3) is 0 Å². The highest BCUT2D eigenvalue weighted by molar-refractivity contribution is 6.43. The minimum atomic E-state index is -0.678. The number of ether oxygens (including phenoxy) is 2. The van der Waals surface area contributed by atoms with Gasteiger partial charge in [0.1, 0.15) is 17.6 Å². The minimum Gasteiger partial charge on any atom is -0.444 e. The normalized spacial score (nSPS) is 17.8. The van der Waals surface area contributed by atoms with Crippen LogP contribution in [0.25, 0.3) is 16.9 Å². The summed E-state index contributed by atoms with van der Waals surface area (Å²) in [7, 11) is 0. The standard InChI is InChI=1S/C24H28Cl2N6O3/c1-23(2,3)35-22(33)30-19-18(15-5-4-6-16(25)17(15)26)32-20(27-14-28-32)21(29-19)31-10-7-24(8-11-31)9-12-34-13-24/h4-6,14H,7-13H2,1-3H3,(H,30,33). The number of fused-ring (bicyclic) bond motifs is 1. The zero-order valence-corrected chi connectivity index (χ0v) is 21.5. The molecule has 35 heavy (non-hydrogen) atoms. The predicted molar refractivity (Wildman–Crippen MR) is 135 cm³/mol. The van der Waals surface area contributed by atoms with Gasteiger partial charge in [0, 0.05) is 25.3 Å². The fourth-order valence-corrected chi connectivity index (χ4v) is 5.12. The number of benzene rings is 1. The van der Waals surface area contributed by atoms with E-state index in [0.717, 1.165) is 45.6 Å². The third-order valence-corrected chi connectivity index (χ3v) is 7.36. The highest BCUT2D eigenvalue weighted by Gasteiger charge is 2.39. The summed E-state index contributed by atoms with van der Waals surface area (Å²) in [4.78, 5) is 24.4. The van der Waals surface area contributed by atoms with Gasteiger partial charge in [-0.05, 0) is 51.5 Å². The van der Waals surface area contributed by atoms with E-state index in [-0.39, 0.29) is 11.2 Å². The first-order valence-electron chi connectivity index (χ1n) is 11.7. The number of carbonyl (C=O) groups is 1. The number of nitrogens with zero attached hydrogens (tertiary/aromatic N) is 5. The van der Waals surface area contributed by atoms with E-state index in [2.05, 4.69) is 20.3 Å². The maximum Gasteiger partial charge on any atom is 0.413 e. The van der Waals surface area contributed by atoms with E-state index >= 15 is 0 Å². The van der Waals surface area contributed by atoms with Gasteiger partial charge in [-0.3, -0.25) is 5.32 Å². The summed E-state index contributed by atoms with van der Waals surface area (Å²) >= 11 is 12.9. The van der Waals surface area contributed by atoms with Crippen LogP contribution in [0.15, 0.2) is 24.5 Å². The highest BCUT2D eigenvalue weighted by Crippen LogP contribution is 2.42. The van der Waals surface area contributed by atoms with E-state index in [0.29, 0.717) is 32.8 Å². The molecule has 2 fully saturated rings. The highest BCUT2D eigenvalue weighted by atomic mass is 35.5. The summed E-state index contributed by atoms with van der Waals surface area (Å²) in [5.74, 6) is 0.908. The van der Waals surface area contributed by atoms with Crippen molar-refractivity contribution in [1.82, 2.24) is 19.6 Å². The number of halogens is 2. The van der Waals surface area contributed by atoms with Crippen molar-refractivity contribution in [2.45, 2.75) is 45.6 Å². The Bertz CT molecular complexity index is 1260. The Labute approximate surface area is 213 Å². The number of carbonyl (C=O) groups excluding carboxylic acids is 1. The number of nitrogens with one attached hydrogen (secondary N) is 1. The summed E-state index contributed by atoms with van der Waals surface area (Å²) in [6, 6.07) is 5.28. The summed E-state index contributed by atoms with van der Waals surface area (Å²) in [6.45, 7) is 8.66. The topological polar surface area (TPSA) is 93.9 Å². The van der Waals surface area contributed by atoms with Gasteiger partial charge in [-0.15, -0.1) is 0 Å². The summed E-state index contributed by atoms with van der Waals surface area (Å²) in [5, 5.41) is 7.98. The molecular formula is C24H28Cl2N6O3. The molecule has 0 aliphatic carbocycles. The van der Waals surface area contributed by atoms with Crippen LogP contribution in [0.3, 0.4) is 0 Å². The second-order valence-electron chi connectivity index (χ2n) is 10.1. The van der Waals surface area contributed by atoms with Crippen molar-refractivity contribution in [2.24, 2.45) is 5.41 Å². The van der Waals surface area contributed by atoms with E-state index in [4.69, 9.17) is 37.7 Å². The zero-order chi connectivity index (χ0) is 24.8. The van der Waals surface area contributed by atoms with E-state index in [1.54, 1.807) is 43.5 Å². The maximum absolute atomic E-state index is 12.8. The van der Waals surface area contributed by atoms with Crippen molar-refractivity contribution in [3.63, 3.8) is 0 Å². The molecule has 186 valence electrons. The van der Waals surface area contributed by atoms with Crippen LogP contribution >= 0.6 is 23.2 Å². The average molecular weight is 519 g/mol. The molecule has 1 aromatic carbocycles. The number of amides is 1. The summed E-state index contributed by atoms with van der Waals surface area (Å²) in [5.41, 5.74) is 1.18. The Morgan fingerprint density at radius 1 is 1.20 bits per heavy atom. The number of anilines is 2. The fourth-order valence-electron chi connectivity index (χ4n) is 4.73. The molecule has 1 amide bonds. The first-order chi connectivity index (χ1) is 16.7. The van der Waals surface area contributed by atoms with Crippen molar-refractivity contribution in [3.05, 3.63) is 34.6 Å². The maximum atomic E-state index is 12.8. The lowest BCUT2D eigenvalue weighted by molar-refractivity contribution is 0.0635. The van der Waals surface area contributed by atoms with Crippen molar-refractivity contribution in [3.8, 4) is 11.3 Å². The van der Waals surface area contributed by atoms with Gasteiger partial charge in [-0.25, -0.2) is 19.3 Å². The van der Waals surface area contributed by atoms with Crippen molar-refractivity contribution >= 4 is 46.6 Å². The number of hydrogen-bond donors (Lipinski definition) is 1. The molecule has 3 aromatic rings. The second kappa shape index (κ2) is 9.11. The Kier molecular flexibility index (Phi) is 6.27. The molecule has 0 atom stereocenters. The quantitative estimate of drug-likeness (QED) is 0.492. The molecule has 1 spiro atoms. The molecule has 9 nitrogen and oxygen atoms in total. The van der Waals surface area contributed by atoms with Crippen molar-refractivity contribution in [2.75, 3.05) is 36.5 Å². The lowest BCUT2D eigenvalue weighted by atomic mass is 9.78. The van der Waals surface area contributed by atoms with Gasteiger partial charge in [-0.2, -0.15) is 5.10 Å². The number of hydrogen-bond acceptors (Lipinski definition) is 7. The molecule has 2 aliphatic rings. The predicted octanol–water partition coefficient (Wildman–Crippen LogP) is 5.45. The van der Waals surface area contributed by atoms with Crippen LogP contribution in [0.2, 0.25) is 10.0 Å². The van der Waals surface area contributed by atoms with E-state index in [1.165, 1.54) is 6.33 Å². The molecule has 1 N–H and O–H groups in total.